The second-order valence-corrected chi connectivity index (χ2v) is 10.1. The van der Waals surface area contributed by atoms with Crippen LogP contribution >= 0.6 is 0 Å². The monoisotopic (exact) mass is 549 g/mol. The molecule has 0 bridgehead atoms. The Bertz CT molecular complexity index is 1330. The molecule has 2 aliphatic rings. The molecule has 2 aliphatic heterocycles. The Balaban J connectivity index is 0.000000557. The molecule has 1 atom stereocenters. The number of fused-ring (bicyclic) bond motifs is 1. The summed E-state index contributed by atoms with van der Waals surface area (Å²) >= 11 is 0. The normalized spacial score (nSPS) is 16.7. The SMILES string of the molecule is CC1=C(c2cccc(O)c2)[C@H](c2ccc(OCCN3CC(CF)C3)cc2)Oc2ccc(O)cc21.CCCC(=O)O. The third kappa shape index (κ3) is 7.12. The van der Waals surface area contributed by atoms with Gasteiger partial charge in [-0.15, -0.1) is 0 Å². The van der Waals surface area contributed by atoms with E-state index in [1.54, 1.807) is 30.3 Å². The van der Waals surface area contributed by atoms with Crippen molar-refractivity contribution in [2.75, 3.05) is 32.9 Å². The zero-order valence-electron chi connectivity index (χ0n) is 22.8. The van der Waals surface area contributed by atoms with Crippen molar-refractivity contribution in [1.29, 1.82) is 0 Å². The van der Waals surface area contributed by atoms with Gasteiger partial charge in [-0.2, -0.15) is 0 Å². The van der Waals surface area contributed by atoms with Gasteiger partial charge in [0.25, 0.3) is 0 Å². The van der Waals surface area contributed by atoms with Crippen LogP contribution in [0.25, 0.3) is 11.1 Å². The molecule has 0 spiro atoms. The summed E-state index contributed by atoms with van der Waals surface area (Å²) in [6, 6.07) is 20.1. The molecule has 3 N–H and O–H groups in total. The van der Waals surface area contributed by atoms with Gasteiger partial charge in [0.1, 0.15) is 35.7 Å². The number of rotatable bonds is 9. The molecular formula is C32H36FNO6. The van der Waals surface area contributed by atoms with Crippen LogP contribution < -0.4 is 9.47 Å². The number of carboxylic acids is 1. The predicted molar refractivity (Wildman–Crippen MR) is 152 cm³/mol. The van der Waals surface area contributed by atoms with Gasteiger partial charge in [-0.3, -0.25) is 14.1 Å². The smallest absolute Gasteiger partial charge is 0.303 e. The first-order valence-electron chi connectivity index (χ1n) is 13.5. The number of nitrogens with zero attached hydrogens (tertiary/aromatic N) is 1. The van der Waals surface area contributed by atoms with Crippen molar-refractivity contribution >= 4 is 17.1 Å². The summed E-state index contributed by atoms with van der Waals surface area (Å²) in [5.74, 6) is 1.30. The summed E-state index contributed by atoms with van der Waals surface area (Å²) < 4.78 is 24.9. The number of halogens is 1. The number of phenolic OH excluding ortho intramolecular Hbond substituents is 2. The van der Waals surface area contributed by atoms with Gasteiger partial charge in [-0.05, 0) is 72.5 Å². The predicted octanol–water partition coefficient (Wildman–Crippen LogP) is 6.31. The standard InChI is InChI=1S/C28H28FNO4.C4H8O2/c1-18-25-14-23(32)7-10-26(25)34-28(27(18)21-3-2-4-22(31)13-21)20-5-8-24(9-6-20)33-12-11-30-16-19(15-29)17-30;1-2-3-4(5)6/h2-10,13-14,19,28,31-32H,11-12,15-17H2,1H3;2-3H2,1H3,(H,5,6)/t28-;/m0./s1. The first kappa shape index (κ1) is 29.0. The van der Waals surface area contributed by atoms with E-state index in [4.69, 9.17) is 14.6 Å². The largest absolute Gasteiger partial charge is 0.508 e. The average Bonchev–Trinajstić information content (AvgIpc) is 2.91. The number of carbonyl (C=O) groups is 1. The lowest BCUT2D eigenvalue weighted by Crippen LogP contribution is -2.49. The van der Waals surface area contributed by atoms with Gasteiger partial charge in [-0.25, -0.2) is 0 Å². The number of ether oxygens (including phenoxy) is 2. The van der Waals surface area contributed by atoms with Crippen molar-refractivity contribution in [3.8, 4) is 23.0 Å². The highest BCUT2D eigenvalue weighted by Gasteiger charge is 2.30. The fourth-order valence-corrected chi connectivity index (χ4v) is 4.92. The van der Waals surface area contributed by atoms with Crippen LogP contribution in [0.1, 0.15) is 49.5 Å². The molecule has 3 aromatic rings. The van der Waals surface area contributed by atoms with E-state index in [1.807, 2.05) is 50.2 Å². The Morgan fingerprint density at radius 1 is 1.05 bits per heavy atom. The molecule has 0 aromatic heterocycles. The number of carboxylic acid groups (broad SMARTS) is 1. The van der Waals surface area contributed by atoms with E-state index < -0.39 is 5.97 Å². The van der Waals surface area contributed by atoms with E-state index in [2.05, 4.69) is 4.90 Å². The van der Waals surface area contributed by atoms with E-state index in [0.717, 1.165) is 59.6 Å². The molecule has 0 radical (unpaired) electrons. The summed E-state index contributed by atoms with van der Waals surface area (Å²) in [4.78, 5) is 11.8. The van der Waals surface area contributed by atoms with Gasteiger partial charge >= 0.3 is 5.97 Å². The minimum absolute atomic E-state index is 0.176. The van der Waals surface area contributed by atoms with Crippen LogP contribution in [-0.4, -0.2) is 59.1 Å². The summed E-state index contributed by atoms with van der Waals surface area (Å²) in [7, 11) is 0. The van der Waals surface area contributed by atoms with Crippen LogP contribution in [0.2, 0.25) is 0 Å². The van der Waals surface area contributed by atoms with Crippen molar-refractivity contribution in [1.82, 2.24) is 4.90 Å². The van der Waals surface area contributed by atoms with Crippen LogP contribution in [0.15, 0.2) is 66.7 Å². The molecule has 0 aliphatic carbocycles. The van der Waals surface area contributed by atoms with Crippen molar-refractivity contribution in [3.05, 3.63) is 83.4 Å². The molecule has 7 nitrogen and oxygen atoms in total. The van der Waals surface area contributed by atoms with Gasteiger partial charge in [0, 0.05) is 43.1 Å². The molecule has 212 valence electrons. The molecule has 3 aromatic carbocycles. The number of aliphatic carboxylic acids is 1. The fourth-order valence-electron chi connectivity index (χ4n) is 4.92. The number of benzene rings is 3. The number of hydrogen-bond donors (Lipinski definition) is 3. The molecule has 8 heteroatoms. The quantitative estimate of drug-likeness (QED) is 0.288. The first-order chi connectivity index (χ1) is 19.3. The van der Waals surface area contributed by atoms with Crippen molar-refractivity contribution in [2.24, 2.45) is 5.92 Å². The lowest BCUT2D eigenvalue weighted by molar-refractivity contribution is -0.137. The highest BCUT2D eigenvalue weighted by molar-refractivity contribution is 5.95. The van der Waals surface area contributed by atoms with E-state index in [0.29, 0.717) is 18.8 Å². The Labute approximate surface area is 234 Å². The first-order valence-corrected chi connectivity index (χ1v) is 13.5. The molecule has 0 saturated carbocycles. The fraction of sp³-hybridized carbons (Fsp3) is 0.344. The zero-order valence-corrected chi connectivity index (χ0v) is 22.8. The number of phenols is 2. The number of allylic oxidation sites excluding steroid dienone is 1. The van der Waals surface area contributed by atoms with E-state index in [-0.39, 0.29) is 30.2 Å². The Hall–Kier alpha value is -4.04. The van der Waals surface area contributed by atoms with E-state index >= 15 is 0 Å². The maximum absolute atomic E-state index is 12.6. The third-order valence-corrected chi connectivity index (χ3v) is 7.01. The highest BCUT2D eigenvalue weighted by Crippen LogP contribution is 2.47. The number of alkyl halides is 1. The topological polar surface area (TPSA) is 99.5 Å². The van der Waals surface area contributed by atoms with Crippen molar-refractivity contribution in [3.63, 3.8) is 0 Å². The maximum atomic E-state index is 12.6. The summed E-state index contributed by atoms with van der Waals surface area (Å²) in [5, 5.41) is 28.0. The summed E-state index contributed by atoms with van der Waals surface area (Å²) in [6.07, 6.45) is 0.640. The molecule has 5 rings (SSSR count). The molecule has 1 saturated heterocycles. The van der Waals surface area contributed by atoms with Gasteiger partial charge < -0.3 is 24.8 Å². The van der Waals surface area contributed by atoms with Gasteiger partial charge in [0.05, 0.1) is 6.67 Å². The van der Waals surface area contributed by atoms with Crippen LogP contribution in [0.5, 0.6) is 23.0 Å². The van der Waals surface area contributed by atoms with Crippen LogP contribution in [0.4, 0.5) is 4.39 Å². The second-order valence-electron chi connectivity index (χ2n) is 10.1. The number of hydrogen-bond acceptors (Lipinski definition) is 6. The van der Waals surface area contributed by atoms with Crippen molar-refractivity contribution in [2.45, 2.75) is 32.8 Å². The Morgan fingerprint density at radius 2 is 1.77 bits per heavy atom. The molecular weight excluding hydrogens is 513 g/mol. The zero-order chi connectivity index (χ0) is 28.6. The Kier molecular flexibility index (Phi) is 9.66. The maximum Gasteiger partial charge on any atom is 0.303 e. The lowest BCUT2D eigenvalue weighted by atomic mass is 9.86. The summed E-state index contributed by atoms with van der Waals surface area (Å²) in [5.41, 5.74) is 4.56. The molecule has 0 unspecified atom stereocenters. The number of aromatic hydroxyl groups is 2. The van der Waals surface area contributed by atoms with E-state index in [1.165, 1.54) is 0 Å². The highest BCUT2D eigenvalue weighted by atomic mass is 19.1. The van der Waals surface area contributed by atoms with Gasteiger partial charge in [-0.1, -0.05) is 31.2 Å². The molecule has 2 heterocycles. The van der Waals surface area contributed by atoms with Crippen molar-refractivity contribution < 1.29 is 34.0 Å². The third-order valence-electron chi connectivity index (χ3n) is 7.01. The summed E-state index contributed by atoms with van der Waals surface area (Å²) in [6.45, 7) is 6.56. The molecule has 40 heavy (non-hydrogen) atoms. The van der Waals surface area contributed by atoms with Crippen LogP contribution in [-0.2, 0) is 4.79 Å². The minimum atomic E-state index is -0.711. The van der Waals surface area contributed by atoms with Gasteiger partial charge in [0.15, 0.2) is 0 Å². The van der Waals surface area contributed by atoms with Gasteiger partial charge in [0.2, 0.25) is 0 Å². The van der Waals surface area contributed by atoms with Crippen LogP contribution in [0, 0.1) is 5.92 Å². The minimum Gasteiger partial charge on any atom is -0.508 e. The Morgan fingerprint density at radius 3 is 2.40 bits per heavy atom. The lowest BCUT2D eigenvalue weighted by Gasteiger charge is -2.37. The molecule has 0 amide bonds. The molecule has 1 fully saturated rings. The average molecular weight is 550 g/mol. The number of likely N-dealkylation sites (tertiary alicyclic amines) is 1. The van der Waals surface area contributed by atoms with E-state index in [9.17, 15) is 19.4 Å². The van der Waals surface area contributed by atoms with Crippen LogP contribution in [0.3, 0.4) is 0 Å². The second kappa shape index (κ2) is 13.3.